The lowest BCUT2D eigenvalue weighted by Crippen LogP contribution is -2.44. The Morgan fingerprint density at radius 1 is 1.12 bits per heavy atom. The van der Waals surface area contributed by atoms with E-state index >= 15 is 0 Å². The van der Waals surface area contributed by atoms with Crippen LogP contribution in [0.2, 0.25) is 0 Å². The third kappa shape index (κ3) is 3.18. The number of hydrogen-bond donors (Lipinski definition) is 2. The highest BCUT2D eigenvalue weighted by molar-refractivity contribution is 6.11. The van der Waals surface area contributed by atoms with Gasteiger partial charge in [0.25, 0.3) is 5.91 Å². The number of para-hydroxylation sites is 1. The number of likely N-dealkylation sites (N-methyl/N-ethyl adjacent to an activating group) is 1. The van der Waals surface area contributed by atoms with Crippen LogP contribution in [0.3, 0.4) is 0 Å². The molecule has 7 heteroatoms. The standard InChI is InChI=1S/C18H20N6O/c1-23-8-10-24(11-9-23)16-7-6-13(12-19-16)20-18(25)17-14-4-2-3-5-15(14)21-22-17/h2-7,12H,8-11H2,1H3,(H,20,25)(H,21,22). The Balaban J connectivity index is 1.46. The van der Waals surface area contributed by atoms with E-state index < -0.39 is 0 Å². The van der Waals surface area contributed by atoms with Crippen molar-refractivity contribution in [2.45, 2.75) is 0 Å². The van der Waals surface area contributed by atoms with Crippen LogP contribution in [0.25, 0.3) is 10.9 Å². The second kappa shape index (κ2) is 6.52. The van der Waals surface area contributed by atoms with E-state index in [4.69, 9.17) is 0 Å². The third-order valence-corrected chi connectivity index (χ3v) is 4.52. The Labute approximate surface area is 145 Å². The average molecular weight is 336 g/mol. The minimum Gasteiger partial charge on any atom is -0.354 e. The first-order valence-corrected chi connectivity index (χ1v) is 8.35. The van der Waals surface area contributed by atoms with Gasteiger partial charge in [-0.25, -0.2) is 4.98 Å². The van der Waals surface area contributed by atoms with Crippen molar-refractivity contribution in [3.8, 4) is 0 Å². The normalized spacial score (nSPS) is 15.5. The molecule has 1 amide bonds. The number of aromatic nitrogens is 3. The maximum Gasteiger partial charge on any atom is 0.276 e. The van der Waals surface area contributed by atoms with Crippen LogP contribution in [0.4, 0.5) is 11.5 Å². The van der Waals surface area contributed by atoms with Gasteiger partial charge in [-0.05, 0) is 25.2 Å². The summed E-state index contributed by atoms with van der Waals surface area (Å²) in [6.07, 6.45) is 1.69. The maximum absolute atomic E-state index is 12.5. The van der Waals surface area contributed by atoms with Gasteiger partial charge in [0, 0.05) is 31.6 Å². The summed E-state index contributed by atoms with van der Waals surface area (Å²) in [5.41, 5.74) is 1.89. The summed E-state index contributed by atoms with van der Waals surface area (Å²) in [7, 11) is 2.13. The number of piperazine rings is 1. The minimum atomic E-state index is -0.244. The highest BCUT2D eigenvalue weighted by atomic mass is 16.1. The predicted molar refractivity (Wildman–Crippen MR) is 98.0 cm³/mol. The van der Waals surface area contributed by atoms with E-state index in [0.29, 0.717) is 11.4 Å². The summed E-state index contributed by atoms with van der Waals surface area (Å²) in [4.78, 5) is 21.5. The molecule has 0 saturated carbocycles. The number of anilines is 2. The quantitative estimate of drug-likeness (QED) is 0.765. The fourth-order valence-corrected chi connectivity index (χ4v) is 3.01. The third-order valence-electron chi connectivity index (χ3n) is 4.52. The lowest BCUT2D eigenvalue weighted by atomic mass is 10.2. The van der Waals surface area contributed by atoms with Gasteiger partial charge in [-0.1, -0.05) is 18.2 Å². The Morgan fingerprint density at radius 3 is 2.68 bits per heavy atom. The number of H-pyrrole nitrogens is 1. The Morgan fingerprint density at radius 2 is 1.92 bits per heavy atom. The first-order chi connectivity index (χ1) is 12.2. The molecule has 4 rings (SSSR count). The van der Waals surface area contributed by atoms with Crippen molar-refractivity contribution in [3.05, 3.63) is 48.3 Å². The van der Waals surface area contributed by atoms with Crippen molar-refractivity contribution in [1.29, 1.82) is 0 Å². The molecule has 1 aliphatic rings. The van der Waals surface area contributed by atoms with Crippen molar-refractivity contribution in [1.82, 2.24) is 20.1 Å². The van der Waals surface area contributed by atoms with Crippen molar-refractivity contribution >= 4 is 28.3 Å². The molecule has 1 aliphatic heterocycles. The molecule has 3 aromatic rings. The van der Waals surface area contributed by atoms with Gasteiger partial charge in [0.15, 0.2) is 5.69 Å². The predicted octanol–water partition coefficient (Wildman–Crippen LogP) is 1.96. The smallest absolute Gasteiger partial charge is 0.276 e. The van der Waals surface area contributed by atoms with Crippen LogP contribution in [-0.2, 0) is 0 Å². The van der Waals surface area contributed by atoms with Gasteiger partial charge in [0.1, 0.15) is 5.82 Å². The van der Waals surface area contributed by atoms with E-state index in [-0.39, 0.29) is 5.91 Å². The highest BCUT2D eigenvalue weighted by Gasteiger charge is 2.16. The van der Waals surface area contributed by atoms with Crippen molar-refractivity contribution < 1.29 is 4.79 Å². The van der Waals surface area contributed by atoms with Crippen LogP contribution in [-0.4, -0.2) is 59.2 Å². The molecule has 25 heavy (non-hydrogen) atoms. The molecule has 1 saturated heterocycles. The van der Waals surface area contributed by atoms with Crippen LogP contribution in [0.15, 0.2) is 42.6 Å². The Hall–Kier alpha value is -2.93. The number of benzene rings is 1. The summed E-state index contributed by atoms with van der Waals surface area (Å²) in [5, 5.41) is 10.7. The van der Waals surface area contributed by atoms with E-state index in [9.17, 15) is 4.79 Å². The van der Waals surface area contributed by atoms with Crippen LogP contribution in [0.5, 0.6) is 0 Å². The summed E-state index contributed by atoms with van der Waals surface area (Å²) in [6, 6.07) is 11.4. The van der Waals surface area contributed by atoms with Crippen LogP contribution >= 0.6 is 0 Å². The van der Waals surface area contributed by atoms with Gasteiger partial charge in [0.2, 0.25) is 0 Å². The number of amides is 1. The van der Waals surface area contributed by atoms with E-state index in [2.05, 4.69) is 37.3 Å². The molecule has 0 unspecified atom stereocenters. The van der Waals surface area contributed by atoms with E-state index in [1.165, 1.54) is 0 Å². The summed E-state index contributed by atoms with van der Waals surface area (Å²) < 4.78 is 0. The van der Waals surface area contributed by atoms with Gasteiger partial charge in [0.05, 0.1) is 17.4 Å². The van der Waals surface area contributed by atoms with Crippen LogP contribution in [0, 0.1) is 0 Å². The molecule has 2 N–H and O–H groups in total. The van der Waals surface area contributed by atoms with Gasteiger partial charge in [-0.3, -0.25) is 9.89 Å². The molecule has 2 aromatic heterocycles. The molecule has 0 atom stereocenters. The molecule has 3 heterocycles. The van der Waals surface area contributed by atoms with Gasteiger partial charge in [-0.2, -0.15) is 5.10 Å². The van der Waals surface area contributed by atoms with Gasteiger partial charge >= 0.3 is 0 Å². The lowest BCUT2D eigenvalue weighted by molar-refractivity contribution is 0.102. The van der Waals surface area contributed by atoms with E-state index in [1.54, 1.807) is 6.20 Å². The number of fused-ring (bicyclic) bond motifs is 1. The molecular formula is C18H20N6O. The molecule has 0 aliphatic carbocycles. The zero-order valence-corrected chi connectivity index (χ0v) is 14.1. The first kappa shape index (κ1) is 15.6. The number of rotatable bonds is 3. The number of hydrogen-bond acceptors (Lipinski definition) is 5. The molecule has 0 bridgehead atoms. The number of nitrogens with one attached hydrogen (secondary N) is 2. The number of aromatic amines is 1. The van der Waals surface area contributed by atoms with Gasteiger partial charge < -0.3 is 15.1 Å². The highest BCUT2D eigenvalue weighted by Crippen LogP contribution is 2.19. The summed E-state index contributed by atoms with van der Waals surface area (Å²) >= 11 is 0. The number of carbonyl (C=O) groups excluding carboxylic acids is 1. The topological polar surface area (TPSA) is 77.1 Å². The molecule has 0 radical (unpaired) electrons. The largest absolute Gasteiger partial charge is 0.354 e. The van der Waals surface area contributed by atoms with Gasteiger partial charge in [-0.15, -0.1) is 0 Å². The first-order valence-electron chi connectivity index (χ1n) is 8.35. The monoisotopic (exact) mass is 336 g/mol. The summed E-state index contributed by atoms with van der Waals surface area (Å²) in [5.74, 6) is 0.697. The molecular weight excluding hydrogens is 316 g/mol. The number of pyridine rings is 1. The number of carbonyl (C=O) groups is 1. The van der Waals surface area contributed by atoms with Crippen molar-refractivity contribution in [2.75, 3.05) is 43.4 Å². The lowest BCUT2D eigenvalue weighted by Gasteiger charge is -2.33. The second-order valence-electron chi connectivity index (χ2n) is 6.27. The molecule has 0 spiro atoms. The second-order valence-corrected chi connectivity index (χ2v) is 6.27. The molecule has 7 nitrogen and oxygen atoms in total. The molecule has 128 valence electrons. The zero-order valence-electron chi connectivity index (χ0n) is 14.1. The fourth-order valence-electron chi connectivity index (χ4n) is 3.01. The zero-order chi connectivity index (χ0) is 17.2. The van der Waals surface area contributed by atoms with Crippen LogP contribution in [0.1, 0.15) is 10.5 Å². The van der Waals surface area contributed by atoms with Crippen molar-refractivity contribution in [2.24, 2.45) is 0 Å². The van der Waals surface area contributed by atoms with E-state index in [1.807, 2.05) is 36.4 Å². The molecule has 1 aromatic carbocycles. The average Bonchev–Trinajstić information content (AvgIpc) is 3.07. The van der Waals surface area contributed by atoms with E-state index in [0.717, 1.165) is 42.9 Å². The maximum atomic E-state index is 12.5. The fraction of sp³-hybridized carbons (Fsp3) is 0.278. The summed E-state index contributed by atoms with van der Waals surface area (Å²) in [6.45, 7) is 4.00. The minimum absolute atomic E-state index is 0.244. The SMILES string of the molecule is CN1CCN(c2ccc(NC(=O)c3n[nH]c4ccccc34)cn2)CC1. The Kier molecular flexibility index (Phi) is 4.07. The molecule has 1 fully saturated rings. The van der Waals surface area contributed by atoms with Crippen molar-refractivity contribution in [3.63, 3.8) is 0 Å². The Bertz CT molecular complexity index is 880. The number of nitrogens with zero attached hydrogens (tertiary/aromatic N) is 4. The van der Waals surface area contributed by atoms with Crippen LogP contribution < -0.4 is 10.2 Å².